The molecule has 0 unspecified atom stereocenters. The molecule has 0 amide bonds. The molecule has 0 saturated carbocycles. The van der Waals surface area contributed by atoms with Gasteiger partial charge in [0.1, 0.15) is 12.3 Å². The van der Waals surface area contributed by atoms with Gasteiger partial charge in [-0.25, -0.2) is 4.57 Å². The van der Waals surface area contributed by atoms with Gasteiger partial charge in [0.05, 0.1) is 42.7 Å². The van der Waals surface area contributed by atoms with Crippen molar-refractivity contribution in [2.75, 3.05) is 39.5 Å². The quantitative estimate of drug-likeness (QED) is 0.478. The summed E-state index contributed by atoms with van der Waals surface area (Å²) in [6, 6.07) is 6.47. The molecule has 2 aromatic heterocycles. The minimum absolute atomic E-state index is 0.738. The third-order valence-corrected chi connectivity index (χ3v) is 5.87. The molecule has 29 heavy (non-hydrogen) atoms. The van der Waals surface area contributed by atoms with E-state index >= 15 is 0 Å². The molecule has 6 heteroatoms. The summed E-state index contributed by atoms with van der Waals surface area (Å²) >= 11 is 0. The maximum Gasteiger partial charge on any atom is 0.189 e. The zero-order chi connectivity index (χ0) is 19.5. The summed E-state index contributed by atoms with van der Waals surface area (Å²) in [5, 5.41) is 2.50. The Morgan fingerprint density at radius 1 is 1.14 bits per heavy atom. The number of ether oxygens (including phenoxy) is 2. The largest absolute Gasteiger partial charge is 0.494 e. The summed E-state index contributed by atoms with van der Waals surface area (Å²) in [7, 11) is 0. The van der Waals surface area contributed by atoms with Gasteiger partial charge in [-0.1, -0.05) is 0 Å². The highest BCUT2D eigenvalue weighted by atomic mass is 16.5. The molecule has 3 aromatic rings. The molecule has 1 aromatic carbocycles. The lowest BCUT2D eigenvalue weighted by Gasteiger charge is -2.26. The Balaban J connectivity index is 1.37. The maximum absolute atomic E-state index is 6.12. The summed E-state index contributed by atoms with van der Waals surface area (Å²) in [6.07, 6.45) is 10.9. The Labute approximate surface area is 171 Å². The van der Waals surface area contributed by atoms with Crippen molar-refractivity contribution in [2.45, 2.75) is 25.8 Å². The smallest absolute Gasteiger partial charge is 0.189 e. The second-order valence-corrected chi connectivity index (χ2v) is 7.74. The van der Waals surface area contributed by atoms with E-state index in [1.54, 1.807) is 12.4 Å². The van der Waals surface area contributed by atoms with Crippen LogP contribution in [0.2, 0.25) is 0 Å². The first-order valence-electron chi connectivity index (χ1n) is 10.6. The van der Waals surface area contributed by atoms with Crippen molar-refractivity contribution >= 4 is 10.8 Å². The number of aromatic nitrogens is 3. The number of aryl methyl sites for hydroxylation is 2. The predicted molar refractivity (Wildman–Crippen MR) is 111 cm³/mol. The third-order valence-electron chi connectivity index (χ3n) is 5.87. The summed E-state index contributed by atoms with van der Waals surface area (Å²) in [6.45, 7) is 6.63. The van der Waals surface area contributed by atoms with Crippen molar-refractivity contribution in [3.8, 4) is 17.0 Å². The highest BCUT2D eigenvalue weighted by Gasteiger charge is 2.25. The molecule has 0 spiro atoms. The summed E-state index contributed by atoms with van der Waals surface area (Å²) < 4.78 is 13.9. The Kier molecular flexibility index (Phi) is 5.37. The number of nitrogens with zero attached hydrogens (tertiary/aromatic N) is 4. The van der Waals surface area contributed by atoms with E-state index in [-0.39, 0.29) is 0 Å². The molecule has 0 aliphatic carbocycles. The SMILES string of the molecule is c1cnc(-c2c[n+]3c(c4cc(OCCCN5CCOCC5)ccc24)CCC3)cn1. The summed E-state index contributed by atoms with van der Waals surface area (Å²) in [5.41, 5.74) is 3.45. The zero-order valence-corrected chi connectivity index (χ0v) is 16.7. The zero-order valence-electron chi connectivity index (χ0n) is 16.7. The van der Waals surface area contributed by atoms with E-state index < -0.39 is 0 Å². The van der Waals surface area contributed by atoms with Crippen LogP contribution in [0.3, 0.4) is 0 Å². The molecule has 4 heterocycles. The first-order valence-corrected chi connectivity index (χ1v) is 10.6. The monoisotopic (exact) mass is 391 g/mol. The third kappa shape index (κ3) is 3.95. The normalized spacial score (nSPS) is 16.8. The second kappa shape index (κ2) is 8.43. The molecule has 0 bridgehead atoms. The molecule has 0 atom stereocenters. The fourth-order valence-corrected chi connectivity index (χ4v) is 4.38. The molecule has 0 radical (unpaired) electrons. The van der Waals surface area contributed by atoms with Gasteiger partial charge in [-0.3, -0.25) is 14.9 Å². The fraction of sp³-hybridized carbons (Fsp3) is 0.435. The first kappa shape index (κ1) is 18.5. The van der Waals surface area contributed by atoms with Crippen LogP contribution >= 0.6 is 0 Å². The van der Waals surface area contributed by atoms with Crippen LogP contribution in [0.1, 0.15) is 18.5 Å². The molecular weight excluding hydrogens is 364 g/mol. The van der Waals surface area contributed by atoms with E-state index in [1.165, 1.54) is 22.9 Å². The molecular formula is C23H27N4O2+. The topological polar surface area (TPSA) is 51.4 Å². The van der Waals surface area contributed by atoms with Crippen LogP contribution in [-0.4, -0.2) is 54.3 Å². The van der Waals surface area contributed by atoms with Crippen LogP contribution in [0.25, 0.3) is 22.0 Å². The van der Waals surface area contributed by atoms with Gasteiger partial charge in [0, 0.05) is 50.3 Å². The molecule has 6 nitrogen and oxygen atoms in total. The number of pyridine rings is 1. The van der Waals surface area contributed by atoms with E-state index in [0.717, 1.165) is 75.8 Å². The average Bonchev–Trinajstić information content (AvgIpc) is 3.26. The Hall–Kier alpha value is -2.57. The van der Waals surface area contributed by atoms with Gasteiger partial charge in [0.15, 0.2) is 11.9 Å². The number of hydrogen-bond acceptors (Lipinski definition) is 5. The Morgan fingerprint density at radius 2 is 2.07 bits per heavy atom. The molecule has 5 rings (SSSR count). The fourth-order valence-electron chi connectivity index (χ4n) is 4.38. The highest BCUT2D eigenvalue weighted by Crippen LogP contribution is 2.32. The van der Waals surface area contributed by atoms with Crippen molar-refractivity contribution in [2.24, 2.45) is 0 Å². The van der Waals surface area contributed by atoms with Crippen molar-refractivity contribution in [1.29, 1.82) is 0 Å². The van der Waals surface area contributed by atoms with Gasteiger partial charge in [-0.15, -0.1) is 0 Å². The number of rotatable bonds is 6. The van der Waals surface area contributed by atoms with Crippen molar-refractivity contribution in [1.82, 2.24) is 14.9 Å². The van der Waals surface area contributed by atoms with E-state index in [1.807, 2.05) is 6.20 Å². The average molecular weight is 391 g/mol. The number of hydrogen-bond donors (Lipinski definition) is 0. The van der Waals surface area contributed by atoms with Gasteiger partial charge >= 0.3 is 0 Å². The number of benzene rings is 1. The molecule has 0 N–H and O–H groups in total. The number of morpholine rings is 1. The van der Waals surface area contributed by atoms with Gasteiger partial charge in [-0.05, 0) is 24.6 Å². The molecule has 1 fully saturated rings. The van der Waals surface area contributed by atoms with Crippen LogP contribution in [-0.2, 0) is 17.7 Å². The lowest BCUT2D eigenvalue weighted by molar-refractivity contribution is -0.689. The Morgan fingerprint density at radius 3 is 2.93 bits per heavy atom. The van der Waals surface area contributed by atoms with Crippen LogP contribution in [0.15, 0.2) is 43.0 Å². The second-order valence-electron chi connectivity index (χ2n) is 7.74. The molecule has 1 saturated heterocycles. The molecule has 2 aliphatic rings. The standard InChI is InChI=1S/C23H27N4O2/c1-3-23-20-15-18(29-12-2-8-26-10-13-28-14-11-26)4-5-19(20)21(17-27(23)9-1)22-16-24-6-7-25-22/h4-7,15-17H,1-3,8-14H2/q+1. The van der Waals surface area contributed by atoms with Crippen LogP contribution in [0.4, 0.5) is 0 Å². The predicted octanol–water partition coefficient (Wildman–Crippen LogP) is 2.63. The maximum atomic E-state index is 6.12. The minimum Gasteiger partial charge on any atom is -0.494 e. The minimum atomic E-state index is 0.738. The van der Waals surface area contributed by atoms with Crippen LogP contribution in [0, 0.1) is 0 Å². The van der Waals surface area contributed by atoms with E-state index in [4.69, 9.17) is 9.47 Å². The van der Waals surface area contributed by atoms with Gasteiger partial charge in [-0.2, -0.15) is 0 Å². The van der Waals surface area contributed by atoms with Gasteiger partial charge in [0.2, 0.25) is 0 Å². The van der Waals surface area contributed by atoms with Gasteiger partial charge in [0.25, 0.3) is 0 Å². The Bertz CT molecular complexity index is 987. The van der Waals surface area contributed by atoms with E-state index in [0.29, 0.717) is 0 Å². The van der Waals surface area contributed by atoms with Crippen LogP contribution < -0.4 is 9.30 Å². The lowest BCUT2D eigenvalue weighted by Crippen LogP contribution is -2.37. The molecule has 2 aliphatic heterocycles. The highest BCUT2D eigenvalue weighted by molar-refractivity contribution is 5.96. The van der Waals surface area contributed by atoms with E-state index in [2.05, 4.69) is 43.8 Å². The summed E-state index contributed by atoms with van der Waals surface area (Å²) in [5.74, 6) is 0.950. The number of fused-ring (bicyclic) bond motifs is 3. The first-order chi connectivity index (χ1) is 14.4. The molecule has 150 valence electrons. The van der Waals surface area contributed by atoms with Gasteiger partial charge < -0.3 is 9.47 Å². The van der Waals surface area contributed by atoms with Crippen molar-refractivity contribution in [3.63, 3.8) is 0 Å². The summed E-state index contributed by atoms with van der Waals surface area (Å²) in [4.78, 5) is 11.2. The van der Waals surface area contributed by atoms with Crippen molar-refractivity contribution < 1.29 is 14.0 Å². The lowest BCUT2D eigenvalue weighted by atomic mass is 10.0. The van der Waals surface area contributed by atoms with Crippen LogP contribution in [0.5, 0.6) is 5.75 Å². The van der Waals surface area contributed by atoms with E-state index in [9.17, 15) is 0 Å². The van der Waals surface area contributed by atoms with Crippen molar-refractivity contribution in [3.05, 3.63) is 48.7 Å².